The van der Waals surface area contributed by atoms with E-state index in [1.165, 1.54) is 0 Å². The molecule has 1 aromatic heterocycles. The van der Waals surface area contributed by atoms with Crippen molar-refractivity contribution in [3.8, 4) is 0 Å². The van der Waals surface area contributed by atoms with Crippen LogP contribution in [0.3, 0.4) is 0 Å². The van der Waals surface area contributed by atoms with Gasteiger partial charge in [-0.05, 0) is 54.6 Å². The van der Waals surface area contributed by atoms with Crippen molar-refractivity contribution in [1.29, 1.82) is 0 Å². The fourth-order valence-corrected chi connectivity index (χ4v) is 2.60. The summed E-state index contributed by atoms with van der Waals surface area (Å²) in [7, 11) is 0. The lowest BCUT2D eigenvalue weighted by molar-refractivity contribution is 1.05. The van der Waals surface area contributed by atoms with Gasteiger partial charge in [0.1, 0.15) is 0 Å². The topological polar surface area (TPSA) is 37.8 Å². The number of anilines is 2. The summed E-state index contributed by atoms with van der Waals surface area (Å²) in [5, 5.41) is 4.23. The second-order valence-electron chi connectivity index (χ2n) is 3.78. The molecule has 6 heteroatoms. The van der Waals surface area contributed by atoms with Gasteiger partial charge in [-0.2, -0.15) is 0 Å². The van der Waals surface area contributed by atoms with Crippen molar-refractivity contribution < 1.29 is 0 Å². The highest BCUT2D eigenvalue weighted by atomic mass is 127. The fourth-order valence-electron chi connectivity index (χ4n) is 1.37. The second-order valence-corrected chi connectivity index (χ2v) is 5.74. The predicted octanol–water partition coefficient (Wildman–Crippen LogP) is 4.75. The average Bonchev–Trinajstić information content (AvgIpc) is 2.29. The number of nitrogens with zero attached hydrogens (tertiary/aromatic N) is 2. The zero-order chi connectivity index (χ0) is 13.3. The Morgan fingerprint density at radius 1 is 1.11 bits per heavy atom. The van der Waals surface area contributed by atoms with E-state index in [4.69, 9.17) is 23.2 Å². The maximum absolute atomic E-state index is 6.07. The van der Waals surface area contributed by atoms with Gasteiger partial charge in [-0.3, -0.25) is 0 Å². The Bertz CT molecular complexity index is 602. The molecular formula is C12H10Cl2IN3. The normalized spacial score (nSPS) is 10.5. The predicted molar refractivity (Wildman–Crippen MR) is 84.0 cm³/mol. The van der Waals surface area contributed by atoms with Crippen molar-refractivity contribution in [2.24, 2.45) is 0 Å². The molecule has 0 unspecified atom stereocenters. The Morgan fingerprint density at radius 2 is 1.78 bits per heavy atom. The van der Waals surface area contributed by atoms with E-state index < -0.39 is 0 Å². The number of benzene rings is 1. The van der Waals surface area contributed by atoms with E-state index in [-0.39, 0.29) is 0 Å². The third-order valence-electron chi connectivity index (χ3n) is 2.45. The standard InChI is InChI=1S/C12H10Cl2IN3/c1-6-7(2)17-12(11(14)16-6)18-10-4-3-8(13)5-9(10)15/h3-5H,1-2H3,(H,17,18). The molecule has 2 rings (SSSR count). The lowest BCUT2D eigenvalue weighted by atomic mass is 10.3. The minimum atomic E-state index is 0.365. The number of rotatable bonds is 2. The summed E-state index contributed by atoms with van der Waals surface area (Å²) in [6.07, 6.45) is 0. The zero-order valence-electron chi connectivity index (χ0n) is 9.76. The van der Waals surface area contributed by atoms with E-state index in [0.29, 0.717) is 16.0 Å². The summed E-state index contributed by atoms with van der Waals surface area (Å²) in [6, 6.07) is 5.57. The van der Waals surface area contributed by atoms with Gasteiger partial charge in [-0.25, -0.2) is 9.97 Å². The molecule has 0 fully saturated rings. The maximum Gasteiger partial charge on any atom is 0.172 e. The molecule has 0 aliphatic heterocycles. The minimum Gasteiger partial charge on any atom is -0.337 e. The molecule has 0 amide bonds. The van der Waals surface area contributed by atoms with Gasteiger partial charge in [0.05, 0.1) is 17.1 Å². The van der Waals surface area contributed by atoms with Crippen LogP contribution in [-0.4, -0.2) is 9.97 Å². The minimum absolute atomic E-state index is 0.365. The highest BCUT2D eigenvalue weighted by Crippen LogP contribution is 2.27. The Labute approximate surface area is 129 Å². The van der Waals surface area contributed by atoms with Crippen molar-refractivity contribution in [3.05, 3.63) is 43.3 Å². The van der Waals surface area contributed by atoms with Crippen LogP contribution in [-0.2, 0) is 0 Å². The number of nitrogens with one attached hydrogen (secondary N) is 1. The van der Waals surface area contributed by atoms with Crippen LogP contribution >= 0.6 is 45.8 Å². The molecule has 1 aromatic carbocycles. The molecule has 0 spiro atoms. The molecule has 0 saturated carbocycles. The van der Waals surface area contributed by atoms with Gasteiger partial charge in [0, 0.05) is 8.59 Å². The van der Waals surface area contributed by atoms with Crippen LogP contribution in [0.25, 0.3) is 0 Å². The van der Waals surface area contributed by atoms with Crippen LogP contribution in [0.4, 0.5) is 11.5 Å². The summed E-state index contributed by atoms with van der Waals surface area (Å²) in [5.74, 6) is 0.556. The Kier molecular flexibility index (Phi) is 4.29. The highest BCUT2D eigenvalue weighted by Gasteiger charge is 2.09. The lowest BCUT2D eigenvalue weighted by Crippen LogP contribution is -2.01. The van der Waals surface area contributed by atoms with Gasteiger partial charge in [0.2, 0.25) is 0 Å². The number of aromatic nitrogens is 2. The number of hydrogen-bond acceptors (Lipinski definition) is 3. The van der Waals surface area contributed by atoms with Crippen molar-refractivity contribution in [1.82, 2.24) is 9.97 Å². The molecule has 0 saturated heterocycles. The van der Waals surface area contributed by atoms with E-state index in [2.05, 4.69) is 37.9 Å². The van der Waals surface area contributed by atoms with Crippen LogP contribution < -0.4 is 5.32 Å². The number of halogens is 3. The van der Waals surface area contributed by atoms with Crippen molar-refractivity contribution >= 4 is 57.3 Å². The van der Waals surface area contributed by atoms with Crippen molar-refractivity contribution in [3.63, 3.8) is 0 Å². The SMILES string of the molecule is Cc1nc(Cl)c(Nc2ccc(Cl)cc2I)nc1C. The Hall–Kier alpha value is -0.590. The smallest absolute Gasteiger partial charge is 0.172 e. The fraction of sp³-hybridized carbons (Fsp3) is 0.167. The Morgan fingerprint density at radius 3 is 2.44 bits per heavy atom. The van der Waals surface area contributed by atoms with Gasteiger partial charge in [0.15, 0.2) is 11.0 Å². The summed E-state index contributed by atoms with van der Waals surface area (Å²) in [4.78, 5) is 8.62. The zero-order valence-corrected chi connectivity index (χ0v) is 13.4. The second kappa shape index (κ2) is 5.59. The molecule has 0 aliphatic carbocycles. The van der Waals surface area contributed by atoms with Gasteiger partial charge < -0.3 is 5.32 Å². The largest absolute Gasteiger partial charge is 0.337 e. The van der Waals surface area contributed by atoms with Crippen LogP contribution in [0.15, 0.2) is 18.2 Å². The molecule has 2 aromatic rings. The molecule has 1 N–H and O–H groups in total. The molecule has 1 heterocycles. The summed E-state index contributed by atoms with van der Waals surface area (Å²) >= 11 is 14.2. The third-order valence-corrected chi connectivity index (χ3v) is 3.84. The summed E-state index contributed by atoms with van der Waals surface area (Å²) < 4.78 is 0.996. The molecule has 0 bridgehead atoms. The molecule has 18 heavy (non-hydrogen) atoms. The molecule has 0 radical (unpaired) electrons. The van der Waals surface area contributed by atoms with Crippen molar-refractivity contribution in [2.45, 2.75) is 13.8 Å². The maximum atomic E-state index is 6.07. The Balaban J connectivity index is 2.37. The van der Waals surface area contributed by atoms with Crippen LogP contribution in [0.2, 0.25) is 10.2 Å². The lowest BCUT2D eigenvalue weighted by Gasteiger charge is -2.10. The van der Waals surface area contributed by atoms with Gasteiger partial charge in [0.25, 0.3) is 0 Å². The monoisotopic (exact) mass is 393 g/mol. The third kappa shape index (κ3) is 3.05. The summed E-state index contributed by atoms with van der Waals surface area (Å²) in [5.41, 5.74) is 2.58. The van der Waals surface area contributed by atoms with Gasteiger partial charge in [-0.15, -0.1) is 0 Å². The number of aryl methyl sites for hydroxylation is 2. The van der Waals surface area contributed by atoms with E-state index in [1.54, 1.807) is 0 Å². The first kappa shape index (κ1) is 13.8. The van der Waals surface area contributed by atoms with Crippen LogP contribution in [0.5, 0.6) is 0 Å². The first-order valence-electron chi connectivity index (χ1n) is 5.20. The molecule has 3 nitrogen and oxygen atoms in total. The van der Waals surface area contributed by atoms with Crippen molar-refractivity contribution in [2.75, 3.05) is 5.32 Å². The molecule has 94 valence electrons. The molecular weight excluding hydrogens is 384 g/mol. The van der Waals surface area contributed by atoms with Gasteiger partial charge >= 0.3 is 0 Å². The van der Waals surface area contributed by atoms with E-state index >= 15 is 0 Å². The van der Waals surface area contributed by atoms with E-state index in [1.807, 2.05) is 32.0 Å². The average molecular weight is 394 g/mol. The van der Waals surface area contributed by atoms with Crippen LogP contribution in [0.1, 0.15) is 11.4 Å². The molecule has 0 aliphatic rings. The van der Waals surface area contributed by atoms with Crippen LogP contribution in [0, 0.1) is 17.4 Å². The summed E-state index contributed by atoms with van der Waals surface area (Å²) in [6.45, 7) is 3.78. The number of hydrogen-bond donors (Lipinski definition) is 1. The highest BCUT2D eigenvalue weighted by molar-refractivity contribution is 14.1. The van der Waals surface area contributed by atoms with E-state index in [9.17, 15) is 0 Å². The quantitative estimate of drug-likeness (QED) is 0.748. The molecule has 0 atom stereocenters. The van der Waals surface area contributed by atoms with E-state index in [0.717, 1.165) is 20.6 Å². The first-order valence-corrected chi connectivity index (χ1v) is 7.03. The first-order chi connectivity index (χ1) is 8.47. The van der Waals surface area contributed by atoms with Gasteiger partial charge in [-0.1, -0.05) is 23.2 Å².